The van der Waals surface area contributed by atoms with Crippen molar-refractivity contribution in [2.24, 2.45) is 0 Å². The Morgan fingerprint density at radius 2 is 1.29 bits per heavy atom. The zero-order chi connectivity index (χ0) is 30.3. The standard InChI is InChI=1S/C30H34N6O5S/c1-20-5-11-25(12-6-20)31-28-33-29(35-30(34-28)36(14-16-37)15-17-38)32-26-13-10-23(22(3)19-26)8-9-24-7-4-21(2)18-27(24)42(39,40)41/h4-13,18-19,37-38H,14-17H2,1-3H3,(H,39,40,41)(H2,31,32,33,34,35)/b9-8+. The van der Waals surface area contributed by atoms with Gasteiger partial charge in [0, 0.05) is 24.5 Å². The average molecular weight is 591 g/mol. The molecule has 0 saturated carbocycles. The first-order valence-electron chi connectivity index (χ1n) is 13.3. The van der Waals surface area contributed by atoms with Gasteiger partial charge in [0.05, 0.1) is 13.2 Å². The Balaban J connectivity index is 1.62. The smallest absolute Gasteiger partial charge is 0.295 e. The quantitative estimate of drug-likeness (QED) is 0.117. The normalized spacial score (nSPS) is 11.6. The summed E-state index contributed by atoms with van der Waals surface area (Å²) in [6.45, 7) is 5.85. The molecule has 0 fully saturated rings. The van der Waals surface area contributed by atoms with Crippen LogP contribution in [-0.2, 0) is 10.1 Å². The summed E-state index contributed by atoms with van der Waals surface area (Å²) < 4.78 is 33.3. The van der Waals surface area contributed by atoms with Crippen molar-refractivity contribution in [2.75, 3.05) is 41.8 Å². The van der Waals surface area contributed by atoms with Crippen LogP contribution in [0.4, 0.5) is 29.2 Å². The Hall–Kier alpha value is -4.36. The Kier molecular flexibility index (Phi) is 9.86. The second-order valence-electron chi connectivity index (χ2n) is 9.75. The predicted molar refractivity (Wildman–Crippen MR) is 165 cm³/mol. The summed E-state index contributed by atoms with van der Waals surface area (Å²) in [7, 11) is -4.37. The Morgan fingerprint density at radius 3 is 1.88 bits per heavy atom. The fourth-order valence-corrected chi connectivity index (χ4v) is 4.96. The third-order valence-corrected chi connectivity index (χ3v) is 7.28. The number of benzene rings is 3. The van der Waals surface area contributed by atoms with Crippen molar-refractivity contribution in [3.63, 3.8) is 0 Å². The van der Waals surface area contributed by atoms with Crippen LogP contribution in [0, 0.1) is 20.8 Å². The molecule has 0 spiro atoms. The molecule has 42 heavy (non-hydrogen) atoms. The van der Waals surface area contributed by atoms with Gasteiger partial charge in [-0.3, -0.25) is 4.55 Å². The fraction of sp³-hybridized carbons (Fsp3) is 0.233. The molecule has 0 atom stereocenters. The maximum atomic E-state index is 11.8. The zero-order valence-electron chi connectivity index (χ0n) is 23.6. The minimum atomic E-state index is -4.37. The first kappa shape index (κ1) is 30.6. The van der Waals surface area contributed by atoms with E-state index in [2.05, 4.69) is 25.6 Å². The minimum Gasteiger partial charge on any atom is -0.395 e. The van der Waals surface area contributed by atoms with Gasteiger partial charge in [0.25, 0.3) is 10.1 Å². The topological polar surface area (TPSA) is 161 Å². The van der Waals surface area contributed by atoms with Crippen molar-refractivity contribution in [3.05, 3.63) is 88.5 Å². The number of anilines is 5. The molecule has 0 radical (unpaired) electrons. The molecule has 220 valence electrons. The molecule has 11 nitrogen and oxygen atoms in total. The highest BCUT2D eigenvalue weighted by molar-refractivity contribution is 7.86. The van der Waals surface area contributed by atoms with Crippen molar-refractivity contribution >= 4 is 51.5 Å². The van der Waals surface area contributed by atoms with Gasteiger partial charge in [0.1, 0.15) is 4.90 Å². The van der Waals surface area contributed by atoms with Gasteiger partial charge in [-0.1, -0.05) is 48.0 Å². The van der Waals surface area contributed by atoms with E-state index in [-0.39, 0.29) is 49.0 Å². The van der Waals surface area contributed by atoms with Gasteiger partial charge in [-0.05, 0) is 73.4 Å². The van der Waals surface area contributed by atoms with Crippen molar-refractivity contribution in [1.82, 2.24) is 15.0 Å². The van der Waals surface area contributed by atoms with Crippen LogP contribution in [0.25, 0.3) is 12.2 Å². The molecular formula is C30H34N6O5S. The summed E-state index contributed by atoms with van der Waals surface area (Å²) in [5.74, 6) is 0.834. The van der Waals surface area contributed by atoms with E-state index in [0.29, 0.717) is 11.3 Å². The molecule has 0 aliphatic rings. The molecule has 5 N–H and O–H groups in total. The molecule has 0 aliphatic carbocycles. The van der Waals surface area contributed by atoms with Gasteiger partial charge < -0.3 is 25.7 Å². The Labute approximate surface area is 245 Å². The molecule has 0 saturated heterocycles. The Morgan fingerprint density at radius 1 is 0.738 bits per heavy atom. The maximum absolute atomic E-state index is 11.8. The van der Waals surface area contributed by atoms with Crippen molar-refractivity contribution < 1.29 is 23.2 Å². The summed E-state index contributed by atoms with van der Waals surface area (Å²) >= 11 is 0. The maximum Gasteiger partial charge on any atom is 0.295 e. The summed E-state index contributed by atoms with van der Waals surface area (Å²) in [5.41, 5.74) is 5.45. The van der Waals surface area contributed by atoms with E-state index in [1.807, 2.05) is 56.3 Å². The molecule has 1 aromatic heterocycles. The number of nitrogens with zero attached hydrogens (tertiary/aromatic N) is 4. The zero-order valence-corrected chi connectivity index (χ0v) is 24.4. The summed E-state index contributed by atoms with van der Waals surface area (Å²) in [6, 6.07) is 18.2. The highest BCUT2D eigenvalue weighted by Crippen LogP contribution is 2.25. The van der Waals surface area contributed by atoms with E-state index in [9.17, 15) is 23.2 Å². The predicted octanol–water partition coefficient (Wildman–Crippen LogP) is 4.49. The fourth-order valence-electron chi connectivity index (χ4n) is 4.19. The highest BCUT2D eigenvalue weighted by Gasteiger charge is 2.15. The van der Waals surface area contributed by atoms with Crippen molar-refractivity contribution in [2.45, 2.75) is 25.7 Å². The molecule has 4 rings (SSSR count). The largest absolute Gasteiger partial charge is 0.395 e. The third-order valence-electron chi connectivity index (χ3n) is 6.37. The summed E-state index contributed by atoms with van der Waals surface area (Å²) in [5, 5.41) is 25.4. The first-order chi connectivity index (χ1) is 20.0. The van der Waals surface area contributed by atoms with E-state index >= 15 is 0 Å². The monoisotopic (exact) mass is 590 g/mol. The molecule has 12 heteroatoms. The number of nitrogens with one attached hydrogen (secondary N) is 2. The van der Waals surface area contributed by atoms with Gasteiger partial charge in [0.2, 0.25) is 17.8 Å². The highest BCUT2D eigenvalue weighted by atomic mass is 32.2. The van der Waals surface area contributed by atoms with Gasteiger partial charge in [-0.15, -0.1) is 0 Å². The lowest BCUT2D eigenvalue weighted by Gasteiger charge is -2.21. The minimum absolute atomic E-state index is 0.141. The second-order valence-corrected chi connectivity index (χ2v) is 11.1. The molecule has 3 aromatic carbocycles. The summed E-state index contributed by atoms with van der Waals surface area (Å²) in [4.78, 5) is 15.1. The van der Waals surface area contributed by atoms with Crippen LogP contribution in [0.5, 0.6) is 0 Å². The molecule has 1 heterocycles. The Bertz CT molecular complexity index is 1670. The molecule has 0 amide bonds. The van der Waals surface area contributed by atoms with Gasteiger partial charge in [-0.2, -0.15) is 23.4 Å². The van der Waals surface area contributed by atoms with Crippen LogP contribution in [-0.4, -0.2) is 64.4 Å². The number of aliphatic hydroxyl groups is 2. The van der Waals surface area contributed by atoms with Crippen LogP contribution in [0.15, 0.2) is 65.6 Å². The molecular weight excluding hydrogens is 556 g/mol. The van der Waals surface area contributed by atoms with Gasteiger partial charge in [-0.25, -0.2) is 0 Å². The number of hydrogen-bond donors (Lipinski definition) is 5. The summed E-state index contributed by atoms with van der Waals surface area (Å²) in [6.07, 6.45) is 3.43. The van der Waals surface area contributed by atoms with Crippen LogP contribution < -0.4 is 15.5 Å². The van der Waals surface area contributed by atoms with Gasteiger partial charge in [0.15, 0.2) is 0 Å². The lowest BCUT2D eigenvalue weighted by molar-refractivity contribution is 0.280. The third kappa shape index (κ3) is 8.10. The van der Waals surface area contributed by atoms with Crippen LogP contribution >= 0.6 is 0 Å². The molecule has 0 aliphatic heterocycles. The van der Waals surface area contributed by atoms with E-state index in [1.54, 1.807) is 36.1 Å². The van der Waals surface area contributed by atoms with Crippen LogP contribution in [0.2, 0.25) is 0 Å². The number of hydrogen-bond acceptors (Lipinski definition) is 10. The SMILES string of the molecule is Cc1ccc(Nc2nc(Nc3ccc(/C=C/c4ccc(C)cc4S(=O)(=O)O)c(C)c3)nc(N(CCO)CCO)n2)cc1. The molecule has 4 aromatic rings. The number of aryl methyl sites for hydroxylation is 3. The van der Waals surface area contributed by atoms with Crippen LogP contribution in [0.1, 0.15) is 27.8 Å². The molecule has 0 unspecified atom stereocenters. The van der Waals surface area contributed by atoms with Crippen LogP contribution in [0.3, 0.4) is 0 Å². The number of aromatic nitrogens is 3. The second kappa shape index (κ2) is 13.5. The van der Waals surface area contributed by atoms with E-state index < -0.39 is 10.1 Å². The van der Waals surface area contributed by atoms with Crippen molar-refractivity contribution in [3.8, 4) is 0 Å². The van der Waals surface area contributed by atoms with E-state index in [4.69, 9.17) is 0 Å². The average Bonchev–Trinajstić information content (AvgIpc) is 2.94. The van der Waals surface area contributed by atoms with Gasteiger partial charge >= 0.3 is 0 Å². The van der Waals surface area contributed by atoms with E-state index in [1.165, 1.54) is 6.07 Å². The number of rotatable bonds is 12. The van der Waals surface area contributed by atoms with E-state index in [0.717, 1.165) is 27.9 Å². The lowest BCUT2D eigenvalue weighted by Crippen LogP contribution is -2.31. The molecule has 0 bridgehead atoms. The van der Waals surface area contributed by atoms with Crippen molar-refractivity contribution in [1.29, 1.82) is 0 Å². The lowest BCUT2D eigenvalue weighted by atomic mass is 10.1. The first-order valence-corrected chi connectivity index (χ1v) is 14.7. The number of aliphatic hydroxyl groups excluding tert-OH is 2.